The van der Waals surface area contributed by atoms with Gasteiger partial charge in [-0.25, -0.2) is 9.31 Å². The van der Waals surface area contributed by atoms with Gasteiger partial charge in [-0.3, -0.25) is 0 Å². The molecule has 0 spiro atoms. The summed E-state index contributed by atoms with van der Waals surface area (Å²) in [5.74, 6) is 0. The van der Waals surface area contributed by atoms with E-state index in [2.05, 4.69) is 25.3 Å². The molecule has 8 heteroatoms. The molecule has 0 saturated carbocycles. The monoisotopic (exact) mass is 267 g/mol. The molecule has 104 valence electrons. The smallest absolute Gasteiger partial charge is 0.204 e. The second-order valence-electron chi connectivity index (χ2n) is 3.88. The van der Waals surface area contributed by atoms with E-state index < -0.39 is 6.29 Å². The summed E-state index contributed by atoms with van der Waals surface area (Å²) in [6.07, 6.45) is 1.28. The first kappa shape index (κ1) is 13.6. The van der Waals surface area contributed by atoms with Gasteiger partial charge in [-0.2, -0.15) is 0 Å². The second-order valence-corrected chi connectivity index (χ2v) is 3.88. The molecular weight excluding hydrogens is 250 g/mol. The van der Waals surface area contributed by atoms with Crippen LogP contribution in [0.1, 0.15) is 37.2 Å². The van der Waals surface area contributed by atoms with Crippen LogP contribution in [0.2, 0.25) is 0 Å². The molecule has 0 saturated heterocycles. The summed E-state index contributed by atoms with van der Waals surface area (Å²) in [6, 6.07) is 0. The Balaban J connectivity index is 2.07. The van der Waals surface area contributed by atoms with Gasteiger partial charge in [-0.15, -0.1) is 5.10 Å². The van der Waals surface area contributed by atoms with Crippen molar-refractivity contribution in [1.29, 1.82) is 0 Å². The van der Waals surface area contributed by atoms with Crippen LogP contribution < -0.4 is 0 Å². The third kappa shape index (κ3) is 3.36. The fourth-order valence-electron chi connectivity index (χ4n) is 1.57. The fraction of sp³-hybridized carbons (Fsp3) is 0.636. The minimum absolute atomic E-state index is 0.452. The van der Waals surface area contributed by atoms with Crippen molar-refractivity contribution >= 4 is 0 Å². The number of aryl methyl sites for hydroxylation is 1. The van der Waals surface area contributed by atoms with Gasteiger partial charge in [-0.05, 0) is 20.8 Å². The largest absolute Gasteiger partial charge is 0.347 e. The minimum atomic E-state index is -0.486. The van der Waals surface area contributed by atoms with Gasteiger partial charge in [0.15, 0.2) is 0 Å². The highest BCUT2D eigenvalue weighted by Crippen LogP contribution is 2.16. The number of hydrogen-bond acceptors (Lipinski definition) is 7. The number of aromatic nitrogens is 5. The van der Waals surface area contributed by atoms with Gasteiger partial charge < -0.3 is 9.47 Å². The molecule has 2 aromatic heterocycles. The lowest BCUT2D eigenvalue weighted by Gasteiger charge is -2.13. The zero-order valence-corrected chi connectivity index (χ0v) is 11.2. The zero-order chi connectivity index (χ0) is 13.7. The average Bonchev–Trinajstić information content (AvgIpc) is 3.00. The van der Waals surface area contributed by atoms with Crippen LogP contribution >= 0.6 is 0 Å². The van der Waals surface area contributed by atoms with Crippen LogP contribution in [0.15, 0.2) is 10.8 Å². The van der Waals surface area contributed by atoms with Crippen molar-refractivity contribution in [3.63, 3.8) is 0 Å². The summed E-state index contributed by atoms with van der Waals surface area (Å²) in [6.45, 7) is 7.18. The molecule has 19 heavy (non-hydrogen) atoms. The van der Waals surface area contributed by atoms with Crippen molar-refractivity contribution in [3.8, 4) is 0 Å². The molecule has 0 aliphatic rings. The van der Waals surface area contributed by atoms with Crippen molar-refractivity contribution in [2.75, 3.05) is 13.2 Å². The topological polar surface area (TPSA) is 88.1 Å². The Bertz CT molecular complexity index is 504. The van der Waals surface area contributed by atoms with Crippen molar-refractivity contribution < 1.29 is 14.1 Å². The Labute approximate surface area is 110 Å². The first-order chi connectivity index (χ1) is 9.24. The molecule has 2 rings (SSSR count). The van der Waals surface area contributed by atoms with Crippen LogP contribution in [0.3, 0.4) is 0 Å². The molecule has 0 unspecified atom stereocenters. The molecule has 0 aliphatic carbocycles. The van der Waals surface area contributed by atoms with E-state index in [-0.39, 0.29) is 0 Å². The maximum Gasteiger partial charge on any atom is 0.204 e. The van der Waals surface area contributed by atoms with Gasteiger partial charge in [0.25, 0.3) is 0 Å². The quantitative estimate of drug-likeness (QED) is 0.694. The molecule has 0 aromatic carbocycles. The highest BCUT2D eigenvalue weighted by atomic mass is 16.7. The van der Waals surface area contributed by atoms with Crippen LogP contribution in [-0.2, 0) is 16.0 Å². The minimum Gasteiger partial charge on any atom is -0.347 e. The van der Waals surface area contributed by atoms with Gasteiger partial charge >= 0.3 is 0 Å². The van der Waals surface area contributed by atoms with Crippen molar-refractivity contribution in [2.45, 2.75) is 33.6 Å². The Hall–Kier alpha value is -1.80. The molecule has 2 heterocycles. The van der Waals surface area contributed by atoms with E-state index in [0.29, 0.717) is 25.5 Å². The normalized spacial score (nSPS) is 11.4. The van der Waals surface area contributed by atoms with E-state index in [1.807, 2.05) is 20.8 Å². The number of nitrogens with zero attached hydrogens (tertiary/aromatic N) is 5. The number of ether oxygens (including phenoxy) is 2. The summed E-state index contributed by atoms with van der Waals surface area (Å²) < 4.78 is 17.2. The standard InChI is InChI=1S/C11H17N5O3/c1-4-17-11(18-5-2)10-7-16(15-12-10)6-9-8(3)13-19-14-9/h7,11H,4-6H2,1-3H3. The second kappa shape index (κ2) is 6.39. The van der Waals surface area contributed by atoms with Crippen LogP contribution in [0.4, 0.5) is 0 Å². The molecule has 0 N–H and O–H groups in total. The lowest BCUT2D eigenvalue weighted by molar-refractivity contribution is -0.142. The maximum atomic E-state index is 5.46. The van der Waals surface area contributed by atoms with Crippen LogP contribution in [0.25, 0.3) is 0 Å². The van der Waals surface area contributed by atoms with Crippen LogP contribution in [0.5, 0.6) is 0 Å². The molecule has 0 fully saturated rings. The SMILES string of the molecule is CCOC(OCC)c1cn(Cc2nonc2C)nn1. The maximum absolute atomic E-state index is 5.46. The van der Waals surface area contributed by atoms with Crippen molar-refractivity contribution in [1.82, 2.24) is 25.3 Å². The van der Waals surface area contributed by atoms with E-state index in [9.17, 15) is 0 Å². The van der Waals surface area contributed by atoms with Crippen LogP contribution in [-0.4, -0.2) is 38.5 Å². The first-order valence-corrected chi connectivity index (χ1v) is 6.15. The van der Waals surface area contributed by atoms with Crippen LogP contribution in [0, 0.1) is 6.92 Å². The summed E-state index contributed by atoms with van der Waals surface area (Å²) in [5.41, 5.74) is 2.10. The Morgan fingerprint density at radius 3 is 2.58 bits per heavy atom. The van der Waals surface area contributed by atoms with E-state index >= 15 is 0 Å². The third-order valence-corrected chi connectivity index (χ3v) is 2.49. The molecule has 0 atom stereocenters. The van der Waals surface area contributed by atoms with Gasteiger partial charge in [0.05, 0.1) is 12.7 Å². The Morgan fingerprint density at radius 1 is 1.26 bits per heavy atom. The Kier molecular flexibility index (Phi) is 4.58. The number of rotatable bonds is 7. The highest BCUT2D eigenvalue weighted by Gasteiger charge is 2.16. The predicted octanol–water partition coefficient (Wildman–Crippen LogP) is 1.09. The molecule has 2 aromatic rings. The Morgan fingerprint density at radius 2 is 2.00 bits per heavy atom. The molecule has 8 nitrogen and oxygen atoms in total. The molecular formula is C11H17N5O3. The predicted molar refractivity (Wildman–Crippen MR) is 64.2 cm³/mol. The van der Waals surface area contributed by atoms with Gasteiger partial charge in [0, 0.05) is 13.2 Å². The molecule has 0 bridgehead atoms. The van der Waals surface area contributed by atoms with E-state index in [0.717, 1.165) is 11.4 Å². The van der Waals surface area contributed by atoms with Crippen molar-refractivity contribution in [2.24, 2.45) is 0 Å². The molecule has 0 amide bonds. The van der Waals surface area contributed by atoms with Crippen molar-refractivity contribution in [3.05, 3.63) is 23.3 Å². The lowest BCUT2D eigenvalue weighted by Crippen LogP contribution is -2.09. The molecule has 0 aliphatic heterocycles. The van der Waals surface area contributed by atoms with Gasteiger partial charge in [0.1, 0.15) is 17.1 Å². The fourth-order valence-corrected chi connectivity index (χ4v) is 1.57. The summed E-state index contributed by atoms with van der Waals surface area (Å²) in [5, 5.41) is 15.6. The van der Waals surface area contributed by atoms with Gasteiger partial charge in [-0.1, -0.05) is 15.5 Å². The summed E-state index contributed by atoms with van der Waals surface area (Å²) >= 11 is 0. The summed E-state index contributed by atoms with van der Waals surface area (Å²) in [4.78, 5) is 0. The van der Waals surface area contributed by atoms with E-state index in [4.69, 9.17) is 9.47 Å². The highest BCUT2D eigenvalue weighted by molar-refractivity contribution is 5.05. The summed E-state index contributed by atoms with van der Waals surface area (Å²) in [7, 11) is 0. The lowest BCUT2D eigenvalue weighted by atomic mass is 10.3. The number of hydrogen-bond donors (Lipinski definition) is 0. The first-order valence-electron chi connectivity index (χ1n) is 6.15. The third-order valence-electron chi connectivity index (χ3n) is 2.49. The zero-order valence-electron chi connectivity index (χ0n) is 11.2. The van der Waals surface area contributed by atoms with E-state index in [1.54, 1.807) is 10.9 Å². The van der Waals surface area contributed by atoms with E-state index in [1.165, 1.54) is 0 Å². The van der Waals surface area contributed by atoms with Gasteiger partial charge in [0.2, 0.25) is 6.29 Å². The average molecular weight is 267 g/mol. The molecule has 0 radical (unpaired) electrons.